The zero-order valence-electron chi connectivity index (χ0n) is 11.3. The van der Waals surface area contributed by atoms with Crippen molar-refractivity contribution in [1.82, 2.24) is 5.32 Å². The molecule has 0 amide bonds. The SMILES string of the molecule is CCCNCc1ccc(-c2cc3cc(F)ccc3o2)o1. The molecule has 20 heavy (non-hydrogen) atoms. The number of hydrogen-bond donors (Lipinski definition) is 1. The number of furan rings is 2. The van der Waals surface area contributed by atoms with Gasteiger partial charge in [0.15, 0.2) is 11.5 Å². The Morgan fingerprint density at radius 2 is 1.95 bits per heavy atom. The molecule has 0 unspecified atom stereocenters. The molecule has 0 saturated heterocycles. The Labute approximate surface area is 116 Å². The molecule has 1 aromatic carbocycles. The third-order valence-corrected chi connectivity index (χ3v) is 3.11. The molecule has 0 saturated carbocycles. The number of hydrogen-bond acceptors (Lipinski definition) is 3. The van der Waals surface area contributed by atoms with Gasteiger partial charge in [-0.05, 0) is 49.4 Å². The molecule has 0 aliphatic heterocycles. The Balaban J connectivity index is 1.83. The fourth-order valence-corrected chi connectivity index (χ4v) is 2.13. The van der Waals surface area contributed by atoms with Gasteiger partial charge in [0.05, 0.1) is 6.54 Å². The maximum atomic E-state index is 13.2. The Hall–Kier alpha value is -2.07. The maximum absolute atomic E-state index is 13.2. The van der Waals surface area contributed by atoms with E-state index >= 15 is 0 Å². The first kappa shape index (κ1) is 12.9. The summed E-state index contributed by atoms with van der Waals surface area (Å²) < 4.78 is 24.5. The van der Waals surface area contributed by atoms with Crippen LogP contribution in [-0.4, -0.2) is 6.54 Å². The van der Waals surface area contributed by atoms with Gasteiger partial charge >= 0.3 is 0 Å². The summed E-state index contributed by atoms with van der Waals surface area (Å²) in [5.41, 5.74) is 0.656. The predicted molar refractivity (Wildman–Crippen MR) is 75.9 cm³/mol. The Kier molecular flexibility index (Phi) is 3.56. The van der Waals surface area contributed by atoms with Crippen LogP contribution in [0.1, 0.15) is 19.1 Å². The van der Waals surface area contributed by atoms with E-state index in [2.05, 4.69) is 12.2 Å². The van der Waals surface area contributed by atoms with Gasteiger partial charge in [-0.3, -0.25) is 0 Å². The van der Waals surface area contributed by atoms with Crippen LogP contribution in [0.2, 0.25) is 0 Å². The lowest BCUT2D eigenvalue weighted by molar-refractivity contribution is 0.479. The van der Waals surface area contributed by atoms with Crippen LogP contribution in [0.15, 0.2) is 45.2 Å². The minimum atomic E-state index is -0.270. The quantitative estimate of drug-likeness (QED) is 0.703. The molecular weight excluding hydrogens is 257 g/mol. The van der Waals surface area contributed by atoms with Crippen LogP contribution in [0, 0.1) is 5.82 Å². The highest BCUT2D eigenvalue weighted by molar-refractivity contribution is 5.81. The summed E-state index contributed by atoms with van der Waals surface area (Å²) in [7, 11) is 0. The van der Waals surface area contributed by atoms with Crippen LogP contribution in [0.4, 0.5) is 4.39 Å². The Morgan fingerprint density at radius 1 is 1.05 bits per heavy atom. The molecule has 3 rings (SSSR count). The van der Waals surface area contributed by atoms with Crippen LogP contribution in [-0.2, 0) is 6.54 Å². The van der Waals surface area contributed by atoms with Crippen molar-refractivity contribution in [3.05, 3.63) is 48.0 Å². The van der Waals surface area contributed by atoms with E-state index in [0.29, 0.717) is 23.6 Å². The number of nitrogens with one attached hydrogen (secondary N) is 1. The summed E-state index contributed by atoms with van der Waals surface area (Å²) in [4.78, 5) is 0. The van der Waals surface area contributed by atoms with Crippen LogP contribution < -0.4 is 5.32 Å². The zero-order chi connectivity index (χ0) is 13.9. The summed E-state index contributed by atoms with van der Waals surface area (Å²) >= 11 is 0. The summed E-state index contributed by atoms with van der Waals surface area (Å²) in [5.74, 6) is 1.87. The summed E-state index contributed by atoms with van der Waals surface area (Å²) in [6.45, 7) is 3.77. The molecule has 0 bridgehead atoms. The van der Waals surface area contributed by atoms with E-state index in [1.165, 1.54) is 12.1 Å². The molecule has 0 atom stereocenters. The third kappa shape index (κ3) is 2.60. The van der Waals surface area contributed by atoms with Crippen molar-refractivity contribution in [2.24, 2.45) is 0 Å². The van der Waals surface area contributed by atoms with Crippen LogP contribution in [0.25, 0.3) is 22.5 Å². The van der Waals surface area contributed by atoms with Crippen LogP contribution in [0.3, 0.4) is 0 Å². The van der Waals surface area contributed by atoms with Crippen molar-refractivity contribution in [1.29, 1.82) is 0 Å². The van der Waals surface area contributed by atoms with Crippen LogP contribution in [0.5, 0.6) is 0 Å². The minimum absolute atomic E-state index is 0.270. The normalized spacial score (nSPS) is 11.3. The van der Waals surface area contributed by atoms with E-state index in [1.807, 2.05) is 12.1 Å². The third-order valence-electron chi connectivity index (χ3n) is 3.11. The number of benzene rings is 1. The number of fused-ring (bicyclic) bond motifs is 1. The van der Waals surface area contributed by atoms with E-state index in [-0.39, 0.29) is 5.82 Å². The summed E-state index contributed by atoms with van der Waals surface area (Å²) in [6.07, 6.45) is 1.09. The first-order chi connectivity index (χ1) is 9.76. The van der Waals surface area contributed by atoms with E-state index in [0.717, 1.165) is 24.1 Å². The van der Waals surface area contributed by atoms with Crippen molar-refractivity contribution in [2.45, 2.75) is 19.9 Å². The van der Waals surface area contributed by atoms with E-state index < -0.39 is 0 Å². The highest BCUT2D eigenvalue weighted by Crippen LogP contribution is 2.29. The standard InChI is InChI=1S/C16H16FNO2/c1-2-7-18-10-13-4-6-15(19-13)16-9-11-8-12(17)3-5-14(11)20-16/h3-6,8-9,18H,2,7,10H2,1H3. The van der Waals surface area contributed by atoms with Gasteiger partial charge in [0, 0.05) is 5.39 Å². The molecule has 3 nitrogen and oxygen atoms in total. The van der Waals surface area contributed by atoms with E-state index in [1.54, 1.807) is 12.1 Å². The largest absolute Gasteiger partial charge is 0.456 e. The lowest BCUT2D eigenvalue weighted by Crippen LogP contribution is -2.12. The zero-order valence-corrected chi connectivity index (χ0v) is 11.3. The van der Waals surface area contributed by atoms with Gasteiger partial charge in [-0.15, -0.1) is 0 Å². The number of rotatable bonds is 5. The van der Waals surface area contributed by atoms with Crippen molar-refractivity contribution in [3.8, 4) is 11.5 Å². The topological polar surface area (TPSA) is 38.3 Å². The minimum Gasteiger partial charge on any atom is -0.456 e. The van der Waals surface area contributed by atoms with Gasteiger partial charge in [-0.1, -0.05) is 6.92 Å². The second-order valence-electron chi connectivity index (χ2n) is 4.74. The first-order valence-electron chi connectivity index (χ1n) is 6.75. The average Bonchev–Trinajstić information content (AvgIpc) is 3.04. The smallest absolute Gasteiger partial charge is 0.170 e. The lowest BCUT2D eigenvalue weighted by atomic mass is 10.2. The lowest BCUT2D eigenvalue weighted by Gasteiger charge is -1.98. The molecule has 2 aromatic heterocycles. The van der Waals surface area contributed by atoms with Gasteiger partial charge in [0.25, 0.3) is 0 Å². The molecule has 0 radical (unpaired) electrons. The highest BCUT2D eigenvalue weighted by atomic mass is 19.1. The summed E-state index contributed by atoms with van der Waals surface area (Å²) in [5, 5.41) is 4.01. The van der Waals surface area contributed by atoms with Crippen molar-refractivity contribution >= 4 is 11.0 Å². The maximum Gasteiger partial charge on any atom is 0.170 e. The van der Waals surface area contributed by atoms with Gasteiger partial charge in [-0.25, -0.2) is 4.39 Å². The molecule has 4 heteroatoms. The molecule has 2 heterocycles. The van der Waals surface area contributed by atoms with Crippen molar-refractivity contribution in [2.75, 3.05) is 6.54 Å². The van der Waals surface area contributed by atoms with Crippen molar-refractivity contribution in [3.63, 3.8) is 0 Å². The molecule has 0 aliphatic rings. The summed E-state index contributed by atoms with van der Waals surface area (Å²) in [6, 6.07) is 10.1. The fourth-order valence-electron chi connectivity index (χ4n) is 2.13. The molecular formula is C16H16FNO2. The molecule has 1 N–H and O–H groups in total. The second-order valence-corrected chi connectivity index (χ2v) is 4.74. The molecule has 0 spiro atoms. The molecule has 0 fully saturated rings. The van der Waals surface area contributed by atoms with E-state index in [9.17, 15) is 4.39 Å². The fraction of sp³-hybridized carbons (Fsp3) is 0.250. The monoisotopic (exact) mass is 273 g/mol. The first-order valence-corrected chi connectivity index (χ1v) is 6.75. The number of halogens is 1. The van der Waals surface area contributed by atoms with Gasteiger partial charge in [-0.2, -0.15) is 0 Å². The van der Waals surface area contributed by atoms with Crippen LogP contribution >= 0.6 is 0 Å². The molecule has 104 valence electrons. The highest BCUT2D eigenvalue weighted by Gasteiger charge is 2.11. The Bertz CT molecular complexity index is 714. The van der Waals surface area contributed by atoms with Crippen molar-refractivity contribution < 1.29 is 13.2 Å². The average molecular weight is 273 g/mol. The van der Waals surface area contributed by atoms with Gasteiger partial charge < -0.3 is 14.2 Å². The molecule has 3 aromatic rings. The Morgan fingerprint density at radius 3 is 2.80 bits per heavy atom. The van der Waals surface area contributed by atoms with Gasteiger partial charge in [0.1, 0.15) is 17.2 Å². The molecule has 0 aliphatic carbocycles. The van der Waals surface area contributed by atoms with Gasteiger partial charge in [0.2, 0.25) is 0 Å². The van der Waals surface area contributed by atoms with E-state index in [4.69, 9.17) is 8.83 Å². The predicted octanol–water partition coefficient (Wildman–Crippen LogP) is 4.33. The second kappa shape index (κ2) is 5.51.